The van der Waals surface area contributed by atoms with E-state index >= 15 is 0 Å². The third-order valence-electron chi connectivity index (χ3n) is 7.19. The number of ether oxygens (including phenoxy) is 1. The van der Waals surface area contributed by atoms with Gasteiger partial charge in [0.05, 0.1) is 28.0 Å². The summed E-state index contributed by atoms with van der Waals surface area (Å²) in [5, 5.41) is 11.4. The van der Waals surface area contributed by atoms with E-state index in [1.54, 1.807) is 10.6 Å². The van der Waals surface area contributed by atoms with Crippen molar-refractivity contribution < 1.29 is 19.0 Å². The minimum Gasteiger partial charge on any atom is -0.458 e. The fraction of sp³-hybridized carbons (Fsp3) is 0.423. The number of cyclic esters (lactones) is 1. The van der Waals surface area contributed by atoms with Gasteiger partial charge >= 0.3 is 5.97 Å². The molecule has 6 rings (SSSR count). The first-order chi connectivity index (χ1) is 15.7. The van der Waals surface area contributed by atoms with Gasteiger partial charge in [-0.3, -0.25) is 9.36 Å². The first kappa shape index (κ1) is 21.8. The summed E-state index contributed by atoms with van der Waals surface area (Å²) in [5.74, 6) is -1.04. The highest BCUT2D eigenvalue weighted by Crippen LogP contribution is 2.48. The van der Waals surface area contributed by atoms with Gasteiger partial charge < -0.3 is 9.84 Å². The second-order valence-corrected chi connectivity index (χ2v) is 9.20. The second kappa shape index (κ2) is 7.22. The third kappa shape index (κ3) is 2.72. The molecule has 1 N–H and O–H groups in total. The van der Waals surface area contributed by atoms with Crippen LogP contribution in [-0.2, 0) is 34.5 Å². The molecule has 1 aliphatic carbocycles. The second-order valence-electron chi connectivity index (χ2n) is 9.20. The van der Waals surface area contributed by atoms with E-state index in [0.29, 0.717) is 22.5 Å². The molecule has 1 aromatic carbocycles. The Bertz CT molecular complexity index is 1420. The van der Waals surface area contributed by atoms with Gasteiger partial charge in [0.2, 0.25) is 0 Å². The predicted octanol–water partition coefficient (Wildman–Crippen LogP) is 4.21. The lowest BCUT2D eigenvalue weighted by Crippen LogP contribution is -2.39. The number of carbonyl (C=O) groups excluding carboxylic acids is 1. The Hall–Kier alpha value is -3.06. The molecule has 0 spiro atoms. The number of hydrogen-bond donors (Lipinski definition) is 1. The van der Waals surface area contributed by atoms with Crippen molar-refractivity contribution in [2.75, 3.05) is 0 Å². The van der Waals surface area contributed by atoms with Crippen LogP contribution in [-0.4, -0.2) is 20.6 Å². The average molecular weight is 451 g/mol. The SMILES string of the molecule is CC.Cc1c(F)cc2nc3c(c4c2c1CCC4)C(C)(C)n1c-3cc2c(c1=O)COC(=O)C2O. The number of esters is 1. The molecule has 33 heavy (non-hydrogen) atoms. The number of rotatable bonds is 0. The van der Waals surface area contributed by atoms with E-state index in [2.05, 4.69) is 0 Å². The van der Waals surface area contributed by atoms with E-state index in [9.17, 15) is 19.1 Å². The van der Waals surface area contributed by atoms with E-state index in [4.69, 9.17) is 9.72 Å². The van der Waals surface area contributed by atoms with Crippen LogP contribution in [0.2, 0.25) is 0 Å². The summed E-state index contributed by atoms with van der Waals surface area (Å²) >= 11 is 0. The molecule has 0 saturated heterocycles. The Balaban J connectivity index is 0.00000111. The summed E-state index contributed by atoms with van der Waals surface area (Å²) in [6.07, 6.45) is 1.04. The molecule has 0 radical (unpaired) electrons. The van der Waals surface area contributed by atoms with Crippen molar-refractivity contribution in [1.82, 2.24) is 9.55 Å². The number of hydrogen-bond acceptors (Lipinski definition) is 5. The molecule has 3 aliphatic rings. The number of fused-ring (bicyclic) bond motifs is 5. The Kier molecular flexibility index (Phi) is 4.76. The van der Waals surface area contributed by atoms with Crippen LogP contribution in [0.25, 0.3) is 22.3 Å². The van der Waals surface area contributed by atoms with Gasteiger partial charge in [0, 0.05) is 22.6 Å². The molecule has 3 aromatic rings. The van der Waals surface area contributed by atoms with Gasteiger partial charge in [-0.2, -0.15) is 0 Å². The molecule has 0 bridgehead atoms. The van der Waals surface area contributed by atoms with Crippen LogP contribution in [0.5, 0.6) is 0 Å². The zero-order chi connectivity index (χ0) is 23.8. The number of aliphatic hydroxyl groups is 1. The fourth-order valence-corrected chi connectivity index (χ4v) is 5.75. The van der Waals surface area contributed by atoms with Crippen molar-refractivity contribution in [1.29, 1.82) is 0 Å². The minimum absolute atomic E-state index is 0.159. The van der Waals surface area contributed by atoms with E-state index in [-0.39, 0.29) is 29.1 Å². The van der Waals surface area contributed by atoms with Gasteiger partial charge in [-0.05, 0) is 62.8 Å². The number of carbonyl (C=O) groups is 1. The van der Waals surface area contributed by atoms with Crippen LogP contribution in [0.4, 0.5) is 4.39 Å². The lowest BCUT2D eigenvalue weighted by atomic mass is 9.80. The van der Waals surface area contributed by atoms with Gasteiger partial charge in [-0.25, -0.2) is 14.2 Å². The topological polar surface area (TPSA) is 81.4 Å². The highest BCUT2D eigenvalue weighted by Gasteiger charge is 2.43. The van der Waals surface area contributed by atoms with Gasteiger partial charge in [-0.1, -0.05) is 13.8 Å². The number of halogens is 1. The number of aliphatic hydroxyl groups excluding tert-OH is 1. The molecular formula is C26H27FN2O4. The highest BCUT2D eigenvalue weighted by atomic mass is 19.1. The Labute approximate surface area is 191 Å². The lowest BCUT2D eigenvalue weighted by Gasteiger charge is -2.29. The normalized spacial score (nSPS) is 19.2. The van der Waals surface area contributed by atoms with Crippen LogP contribution in [0, 0.1) is 12.7 Å². The van der Waals surface area contributed by atoms with Crippen molar-refractivity contribution in [3.05, 3.63) is 61.7 Å². The quantitative estimate of drug-likeness (QED) is 0.519. The maximum absolute atomic E-state index is 14.7. The molecule has 0 saturated carbocycles. The minimum atomic E-state index is -1.50. The molecular weight excluding hydrogens is 423 g/mol. The zero-order valence-corrected chi connectivity index (χ0v) is 19.5. The summed E-state index contributed by atoms with van der Waals surface area (Å²) in [6.45, 7) is 9.61. The number of aryl methyl sites for hydroxylation is 2. The van der Waals surface area contributed by atoms with Gasteiger partial charge in [0.15, 0.2) is 6.10 Å². The zero-order valence-electron chi connectivity index (χ0n) is 19.5. The molecule has 2 aliphatic heterocycles. The average Bonchev–Trinajstić information content (AvgIpc) is 3.03. The van der Waals surface area contributed by atoms with Crippen LogP contribution in [0.1, 0.15) is 73.6 Å². The van der Waals surface area contributed by atoms with Crippen molar-refractivity contribution >= 4 is 16.9 Å². The molecule has 2 aromatic heterocycles. The van der Waals surface area contributed by atoms with E-state index in [1.165, 1.54) is 6.07 Å². The summed E-state index contributed by atoms with van der Waals surface area (Å²) in [4.78, 5) is 30.2. The number of nitrogens with zero attached hydrogens (tertiary/aromatic N) is 2. The number of pyridine rings is 2. The monoisotopic (exact) mass is 450 g/mol. The van der Waals surface area contributed by atoms with Gasteiger partial charge in [-0.15, -0.1) is 0 Å². The smallest absolute Gasteiger partial charge is 0.340 e. The summed E-state index contributed by atoms with van der Waals surface area (Å²) in [6, 6.07) is 3.15. The van der Waals surface area contributed by atoms with Crippen LogP contribution in [0.15, 0.2) is 16.9 Å². The maximum Gasteiger partial charge on any atom is 0.340 e. The molecule has 172 valence electrons. The molecule has 0 fully saturated rings. The lowest BCUT2D eigenvalue weighted by molar-refractivity contribution is -0.157. The Morgan fingerprint density at radius 3 is 2.58 bits per heavy atom. The summed E-state index contributed by atoms with van der Waals surface area (Å²) in [7, 11) is 0. The Morgan fingerprint density at radius 1 is 1.15 bits per heavy atom. The number of aromatic nitrogens is 2. The van der Waals surface area contributed by atoms with Crippen molar-refractivity contribution in [2.45, 2.75) is 72.1 Å². The van der Waals surface area contributed by atoms with E-state index < -0.39 is 17.6 Å². The van der Waals surface area contributed by atoms with Crippen molar-refractivity contribution in [3.8, 4) is 11.4 Å². The van der Waals surface area contributed by atoms with Crippen LogP contribution in [0.3, 0.4) is 0 Å². The molecule has 1 atom stereocenters. The fourth-order valence-electron chi connectivity index (χ4n) is 5.75. The molecule has 6 nitrogen and oxygen atoms in total. The van der Waals surface area contributed by atoms with Gasteiger partial charge in [0.1, 0.15) is 12.4 Å². The van der Waals surface area contributed by atoms with E-state index in [1.807, 2.05) is 34.6 Å². The molecule has 0 amide bonds. The largest absolute Gasteiger partial charge is 0.458 e. The van der Waals surface area contributed by atoms with Crippen molar-refractivity contribution in [2.24, 2.45) is 0 Å². The van der Waals surface area contributed by atoms with Crippen LogP contribution >= 0.6 is 0 Å². The first-order valence-electron chi connectivity index (χ1n) is 11.5. The third-order valence-corrected chi connectivity index (χ3v) is 7.19. The van der Waals surface area contributed by atoms with Crippen LogP contribution < -0.4 is 5.56 Å². The molecule has 1 unspecified atom stereocenters. The summed E-state index contributed by atoms with van der Waals surface area (Å²) in [5.41, 5.74) is 5.07. The standard InChI is InChI=1S/C24H21FN2O4.C2H6/c1-10-11-5-4-6-12-18(11)16(8-15(10)25)26-20-17-7-13-14(9-31-23(30)21(13)28)22(29)27(17)24(2,3)19(12)20;1-2/h7-8,21,28H,4-6,9H2,1-3H3;1-2H3. The maximum atomic E-state index is 14.7. The highest BCUT2D eigenvalue weighted by molar-refractivity contribution is 5.93. The van der Waals surface area contributed by atoms with Gasteiger partial charge in [0.25, 0.3) is 5.56 Å². The predicted molar refractivity (Wildman–Crippen MR) is 123 cm³/mol. The first-order valence-corrected chi connectivity index (χ1v) is 11.5. The molecule has 4 heterocycles. The number of benzene rings is 1. The van der Waals surface area contributed by atoms with Crippen molar-refractivity contribution in [3.63, 3.8) is 0 Å². The Morgan fingerprint density at radius 2 is 1.85 bits per heavy atom. The summed E-state index contributed by atoms with van der Waals surface area (Å²) < 4.78 is 21.3. The van der Waals surface area contributed by atoms with E-state index in [0.717, 1.165) is 41.3 Å². The molecule has 7 heteroatoms.